The van der Waals surface area contributed by atoms with Gasteiger partial charge in [0.2, 0.25) is 0 Å². The number of rotatable bonds is 4. The van der Waals surface area contributed by atoms with E-state index in [-0.39, 0.29) is 0 Å². The zero-order chi connectivity index (χ0) is 26.6. The fraction of sp³-hybridized carbons (Fsp3) is 0.222. The van der Waals surface area contributed by atoms with Crippen molar-refractivity contribution in [2.45, 2.75) is 48.0 Å². The van der Waals surface area contributed by atoms with Gasteiger partial charge in [-0.25, -0.2) is 0 Å². The number of allylic oxidation sites excluding steroid dienone is 2. The van der Waals surface area contributed by atoms with Crippen molar-refractivity contribution in [1.29, 1.82) is 0 Å². The third kappa shape index (κ3) is 4.41. The van der Waals surface area contributed by atoms with Gasteiger partial charge in [0.05, 0.1) is 0 Å². The second-order valence-electron chi connectivity index (χ2n) is 11.5. The van der Waals surface area contributed by atoms with Gasteiger partial charge < -0.3 is 0 Å². The zero-order valence-electron chi connectivity index (χ0n) is 23.4. The predicted octanol–water partition coefficient (Wildman–Crippen LogP) is 10.1. The fourth-order valence-corrected chi connectivity index (χ4v) is 27.5. The first-order valence-electron chi connectivity index (χ1n) is 13.8. The monoisotopic (exact) mass is 586 g/mol. The summed E-state index contributed by atoms with van der Waals surface area (Å²) in [7, 11) is 0. The first-order valence-corrected chi connectivity index (χ1v) is 22.8. The van der Waals surface area contributed by atoms with Crippen molar-refractivity contribution in [2.24, 2.45) is 0 Å². The van der Waals surface area contributed by atoms with E-state index < -0.39 is 25.8 Å². The van der Waals surface area contributed by atoms with Crippen molar-refractivity contribution in [3.05, 3.63) is 129 Å². The molecule has 6 rings (SSSR count). The summed E-state index contributed by atoms with van der Waals surface area (Å²) in [6, 6.07) is 32.2. The Morgan fingerprint density at radius 2 is 0.974 bits per heavy atom. The van der Waals surface area contributed by atoms with Crippen LogP contribution in [0, 0.1) is 13.8 Å². The van der Waals surface area contributed by atoms with Gasteiger partial charge in [0, 0.05) is 0 Å². The molecule has 4 aromatic rings. The van der Waals surface area contributed by atoms with Crippen LogP contribution in [0.4, 0.5) is 0 Å². The number of hydrogen-bond donors (Lipinski definition) is 0. The SMILES string of the molecule is CC1=Cc2c(-c3cccc(C)c3)cccc2[CH]1[Zr]([CH]1C(C)=Cc2c(-c3cccc(C)c3)cccc21)=[Si](C)C. The molecule has 0 nitrogen and oxygen atoms in total. The molecular formula is C36H36SiZr. The number of aryl methyl sites for hydroxylation is 2. The van der Waals surface area contributed by atoms with E-state index in [1.807, 2.05) is 0 Å². The first kappa shape index (κ1) is 25.7. The topological polar surface area (TPSA) is 0 Å². The summed E-state index contributed by atoms with van der Waals surface area (Å²) < 4.78 is 1.31. The van der Waals surface area contributed by atoms with Gasteiger partial charge in [0.15, 0.2) is 0 Å². The Labute approximate surface area is 236 Å². The van der Waals surface area contributed by atoms with E-state index in [1.54, 1.807) is 22.3 Å². The second-order valence-corrected chi connectivity index (χ2v) is 29.3. The Morgan fingerprint density at radius 1 is 0.553 bits per heavy atom. The molecule has 0 aromatic heterocycles. The van der Waals surface area contributed by atoms with Crippen molar-refractivity contribution >= 4 is 17.6 Å². The van der Waals surface area contributed by atoms with Crippen LogP contribution < -0.4 is 0 Å². The predicted molar refractivity (Wildman–Crippen MR) is 163 cm³/mol. The summed E-state index contributed by atoms with van der Waals surface area (Å²) in [4.78, 5) is 0. The Kier molecular flexibility index (Phi) is 6.91. The van der Waals surface area contributed by atoms with Crippen LogP contribution in [0.2, 0.25) is 13.1 Å². The Balaban J connectivity index is 1.48. The van der Waals surface area contributed by atoms with Crippen LogP contribution >= 0.6 is 0 Å². The van der Waals surface area contributed by atoms with E-state index >= 15 is 0 Å². The van der Waals surface area contributed by atoms with Gasteiger partial charge in [0.1, 0.15) is 0 Å². The molecule has 0 saturated heterocycles. The summed E-state index contributed by atoms with van der Waals surface area (Å²) in [5.41, 5.74) is 17.1. The van der Waals surface area contributed by atoms with E-state index in [0.717, 1.165) is 0 Å². The van der Waals surface area contributed by atoms with Crippen LogP contribution in [-0.4, -0.2) is 5.43 Å². The fourth-order valence-electron chi connectivity index (χ4n) is 6.80. The van der Waals surface area contributed by atoms with Gasteiger partial charge in [-0.2, -0.15) is 0 Å². The van der Waals surface area contributed by atoms with E-state index in [4.69, 9.17) is 0 Å². The summed E-state index contributed by atoms with van der Waals surface area (Å²) in [6.45, 7) is 14.5. The third-order valence-corrected chi connectivity index (χ3v) is 28.3. The molecule has 0 N–H and O–H groups in total. The van der Waals surface area contributed by atoms with Gasteiger partial charge in [-0.15, -0.1) is 0 Å². The molecule has 2 heteroatoms. The molecule has 0 fully saturated rings. The van der Waals surface area contributed by atoms with Gasteiger partial charge in [-0.05, 0) is 0 Å². The minimum absolute atomic E-state index is 0.439. The number of benzene rings is 4. The molecule has 2 unspecified atom stereocenters. The summed E-state index contributed by atoms with van der Waals surface area (Å²) in [5.74, 6) is 0. The van der Waals surface area contributed by atoms with E-state index in [9.17, 15) is 0 Å². The molecular weight excluding hydrogens is 552 g/mol. The summed E-state index contributed by atoms with van der Waals surface area (Å²) in [6.07, 6.45) is 5.09. The molecule has 2 atom stereocenters. The van der Waals surface area contributed by atoms with Crippen molar-refractivity contribution in [1.82, 2.24) is 0 Å². The molecule has 2 aliphatic carbocycles. The van der Waals surface area contributed by atoms with Crippen molar-refractivity contribution in [2.75, 3.05) is 0 Å². The number of hydrogen-bond acceptors (Lipinski definition) is 0. The van der Waals surface area contributed by atoms with Crippen LogP contribution in [-0.2, 0) is 20.4 Å². The maximum absolute atomic E-state index is 2.62. The van der Waals surface area contributed by atoms with Crippen molar-refractivity contribution in [3.8, 4) is 22.3 Å². The molecule has 0 heterocycles. The normalized spacial score (nSPS) is 17.5. The molecule has 0 bridgehead atoms. The molecule has 38 heavy (non-hydrogen) atoms. The van der Waals surface area contributed by atoms with Gasteiger partial charge >= 0.3 is 238 Å². The summed E-state index contributed by atoms with van der Waals surface area (Å²) >= 11 is -2.07. The quantitative estimate of drug-likeness (QED) is 0.208. The Morgan fingerprint density at radius 3 is 1.37 bits per heavy atom. The van der Waals surface area contributed by atoms with Gasteiger partial charge in [-0.3, -0.25) is 0 Å². The first-order chi connectivity index (χ1) is 18.3. The standard InChI is InChI=1S/2C17H15.C2H6Si.Zr/c2*1-12-5-3-6-14(9-12)16-8-4-7-15-10-13(2)11-17(15)16;1-3-2;/h2*3-11H,1-2H3;1-2H3;. The van der Waals surface area contributed by atoms with Crippen LogP contribution in [0.25, 0.3) is 34.4 Å². The average Bonchev–Trinajstić information content (AvgIpc) is 3.40. The molecule has 0 saturated carbocycles. The number of fused-ring (bicyclic) bond motifs is 2. The van der Waals surface area contributed by atoms with Gasteiger partial charge in [-0.1, -0.05) is 0 Å². The molecule has 0 amide bonds. The molecule has 2 aliphatic rings. The molecule has 0 spiro atoms. The third-order valence-electron chi connectivity index (χ3n) is 8.41. The van der Waals surface area contributed by atoms with Crippen LogP contribution in [0.1, 0.15) is 54.5 Å². The maximum atomic E-state index is 2.62. The summed E-state index contributed by atoms with van der Waals surface area (Å²) in [5, 5.41) is 0. The Hall–Kier alpha value is -2.54. The van der Waals surface area contributed by atoms with Gasteiger partial charge in [0.25, 0.3) is 0 Å². The van der Waals surface area contributed by atoms with Crippen LogP contribution in [0.3, 0.4) is 0 Å². The molecule has 0 aliphatic heterocycles. The van der Waals surface area contributed by atoms with Crippen LogP contribution in [0.15, 0.2) is 96.1 Å². The Bertz CT molecular complexity index is 1560. The van der Waals surface area contributed by atoms with E-state index in [2.05, 4.69) is 138 Å². The average molecular weight is 588 g/mol. The van der Waals surface area contributed by atoms with Crippen molar-refractivity contribution in [3.63, 3.8) is 0 Å². The zero-order valence-corrected chi connectivity index (χ0v) is 26.9. The van der Waals surface area contributed by atoms with Crippen molar-refractivity contribution < 1.29 is 20.4 Å². The molecule has 0 radical (unpaired) electrons. The second kappa shape index (κ2) is 10.2. The van der Waals surface area contributed by atoms with Crippen LogP contribution in [0.5, 0.6) is 0 Å². The molecule has 188 valence electrons. The molecule has 4 aromatic carbocycles. The minimum atomic E-state index is -2.07. The van der Waals surface area contributed by atoms with E-state index in [1.165, 1.54) is 44.5 Å². The van der Waals surface area contributed by atoms with E-state index in [0.29, 0.717) is 7.25 Å².